The Hall–Kier alpha value is -3.32. The van der Waals surface area contributed by atoms with Crippen molar-refractivity contribution in [2.75, 3.05) is 6.79 Å². The van der Waals surface area contributed by atoms with Gasteiger partial charge in [0.15, 0.2) is 16.7 Å². The number of nitrogens with one attached hydrogen (secondary N) is 1. The number of amides is 1. The number of fused-ring (bicyclic) bond motifs is 2. The van der Waals surface area contributed by atoms with Gasteiger partial charge in [-0.3, -0.25) is 15.1 Å². The van der Waals surface area contributed by atoms with Crippen molar-refractivity contribution in [3.05, 3.63) is 70.6 Å². The molecule has 0 aromatic heterocycles. The SMILES string of the molecule is N=C1/C(=C/c2ccc3c(c2)OCO3)C(=O)N=C2SC=C(c3ccccc3)N12. The molecule has 3 heterocycles. The summed E-state index contributed by atoms with van der Waals surface area (Å²) in [6, 6.07) is 15.2. The van der Waals surface area contributed by atoms with Crippen LogP contribution >= 0.6 is 11.8 Å². The first-order valence-corrected chi connectivity index (χ1v) is 9.14. The fourth-order valence-corrected chi connectivity index (χ4v) is 3.97. The lowest BCUT2D eigenvalue weighted by Gasteiger charge is -2.26. The van der Waals surface area contributed by atoms with Crippen LogP contribution in [-0.2, 0) is 4.79 Å². The third-order valence-electron chi connectivity index (χ3n) is 4.39. The highest BCUT2D eigenvalue weighted by Crippen LogP contribution is 2.38. The van der Waals surface area contributed by atoms with Crippen molar-refractivity contribution in [1.82, 2.24) is 4.90 Å². The van der Waals surface area contributed by atoms with Crippen LogP contribution in [0.1, 0.15) is 11.1 Å². The van der Waals surface area contributed by atoms with Crippen LogP contribution in [0.2, 0.25) is 0 Å². The second kappa shape index (κ2) is 6.14. The minimum Gasteiger partial charge on any atom is -0.454 e. The van der Waals surface area contributed by atoms with Crippen LogP contribution in [0.15, 0.2) is 64.5 Å². The maximum Gasteiger partial charge on any atom is 0.283 e. The van der Waals surface area contributed by atoms with Gasteiger partial charge >= 0.3 is 0 Å². The van der Waals surface area contributed by atoms with Gasteiger partial charge in [0.05, 0.1) is 11.3 Å². The highest BCUT2D eigenvalue weighted by atomic mass is 32.2. The molecule has 1 amide bonds. The Morgan fingerprint density at radius 2 is 1.93 bits per heavy atom. The average molecular weight is 375 g/mol. The maximum atomic E-state index is 12.5. The van der Waals surface area contributed by atoms with Crippen molar-refractivity contribution in [3.8, 4) is 11.5 Å². The third kappa shape index (κ3) is 2.63. The number of ether oxygens (including phenoxy) is 2. The largest absolute Gasteiger partial charge is 0.454 e. The summed E-state index contributed by atoms with van der Waals surface area (Å²) in [6.45, 7) is 0.188. The number of carbonyl (C=O) groups excluding carboxylic acids is 1. The van der Waals surface area contributed by atoms with Gasteiger partial charge in [0, 0.05) is 5.41 Å². The van der Waals surface area contributed by atoms with Crippen molar-refractivity contribution in [1.29, 1.82) is 5.41 Å². The Bertz CT molecular complexity index is 1070. The van der Waals surface area contributed by atoms with Crippen LogP contribution in [0, 0.1) is 5.41 Å². The molecule has 0 aliphatic carbocycles. The molecule has 3 aliphatic heterocycles. The molecular weight excluding hydrogens is 362 g/mol. The lowest BCUT2D eigenvalue weighted by molar-refractivity contribution is -0.114. The van der Waals surface area contributed by atoms with Gasteiger partial charge in [0.25, 0.3) is 5.91 Å². The summed E-state index contributed by atoms with van der Waals surface area (Å²) in [7, 11) is 0. The molecule has 2 aromatic carbocycles. The first kappa shape index (κ1) is 15.9. The van der Waals surface area contributed by atoms with Gasteiger partial charge in [0.2, 0.25) is 6.79 Å². The number of rotatable bonds is 2. The number of hydrogen-bond acceptors (Lipinski definition) is 5. The molecule has 0 saturated carbocycles. The van der Waals surface area contributed by atoms with Gasteiger partial charge in [-0.25, -0.2) is 0 Å². The van der Waals surface area contributed by atoms with Crippen LogP contribution in [0.3, 0.4) is 0 Å². The number of nitrogens with zero attached hydrogens (tertiary/aromatic N) is 2. The van der Waals surface area contributed by atoms with Crippen LogP contribution in [-0.4, -0.2) is 28.6 Å². The monoisotopic (exact) mass is 375 g/mol. The van der Waals surface area contributed by atoms with Gasteiger partial charge in [-0.1, -0.05) is 48.2 Å². The molecule has 5 rings (SSSR count). The van der Waals surface area contributed by atoms with Gasteiger partial charge in [-0.05, 0) is 29.3 Å². The zero-order valence-corrected chi connectivity index (χ0v) is 14.8. The molecule has 0 unspecified atom stereocenters. The van der Waals surface area contributed by atoms with E-state index in [9.17, 15) is 4.79 Å². The fourth-order valence-electron chi connectivity index (χ4n) is 3.08. The molecular formula is C20H13N3O3S. The number of amidine groups is 2. The fraction of sp³-hybridized carbons (Fsp3) is 0.0500. The maximum absolute atomic E-state index is 12.5. The van der Waals surface area contributed by atoms with Crippen molar-refractivity contribution >= 4 is 40.4 Å². The van der Waals surface area contributed by atoms with Crippen molar-refractivity contribution < 1.29 is 14.3 Å². The van der Waals surface area contributed by atoms with Crippen LogP contribution in [0.5, 0.6) is 11.5 Å². The Morgan fingerprint density at radius 3 is 2.78 bits per heavy atom. The van der Waals surface area contributed by atoms with E-state index in [1.165, 1.54) is 11.8 Å². The molecule has 0 atom stereocenters. The summed E-state index contributed by atoms with van der Waals surface area (Å²) >= 11 is 1.35. The Labute approximate surface area is 159 Å². The molecule has 1 N–H and O–H groups in total. The summed E-state index contributed by atoms with van der Waals surface area (Å²) in [5, 5.41) is 11.1. The van der Waals surface area contributed by atoms with Crippen molar-refractivity contribution in [2.24, 2.45) is 4.99 Å². The predicted octanol–water partition coefficient (Wildman–Crippen LogP) is 3.72. The van der Waals surface area contributed by atoms with Gasteiger partial charge in [0.1, 0.15) is 5.84 Å². The van der Waals surface area contributed by atoms with Gasteiger partial charge < -0.3 is 9.47 Å². The van der Waals surface area contributed by atoms with E-state index in [0.29, 0.717) is 16.7 Å². The first-order valence-electron chi connectivity index (χ1n) is 8.26. The summed E-state index contributed by atoms with van der Waals surface area (Å²) in [5.41, 5.74) is 2.80. The summed E-state index contributed by atoms with van der Waals surface area (Å²) in [6.07, 6.45) is 1.67. The molecule has 0 fully saturated rings. The Morgan fingerprint density at radius 1 is 1.11 bits per heavy atom. The molecule has 6 nitrogen and oxygen atoms in total. The van der Waals surface area contributed by atoms with E-state index in [-0.39, 0.29) is 18.2 Å². The van der Waals surface area contributed by atoms with E-state index in [2.05, 4.69) is 4.99 Å². The minimum atomic E-state index is -0.417. The molecule has 27 heavy (non-hydrogen) atoms. The van der Waals surface area contributed by atoms with Crippen LogP contribution < -0.4 is 9.47 Å². The number of benzene rings is 2. The van der Waals surface area contributed by atoms with Gasteiger partial charge in [-0.2, -0.15) is 4.99 Å². The van der Waals surface area contributed by atoms with Gasteiger partial charge in [-0.15, -0.1) is 0 Å². The minimum absolute atomic E-state index is 0.114. The first-order chi connectivity index (χ1) is 13.2. The molecule has 0 saturated heterocycles. The van der Waals surface area contributed by atoms with E-state index in [1.807, 2.05) is 41.8 Å². The third-order valence-corrected chi connectivity index (χ3v) is 5.22. The topological polar surface area (TPSA) is 75.0 Å². The zero-order chi connectivity index (χ0) is 18.4. The standard InChI is InChI=1S/C20H13N3O3S/c21-18-14(8-12-6-7-16-17(9-12)26-11-25-16)19(24)22-20-23(18)15(10-27-20)13-4-2-1-3-5-13/h1-10,21H,11H2/b14-8-,21-18?. The number of thioether (sulfide) groups is 1. The zero-order valence-electron chi connectivity index (χ0n) is 14.0. The molecule has 132 valence electrons. The average Bonchev–Trinajstić information content (AvgIpc) is 3.32. The van der Waals surface area contributed by atoms with E-state index in [4.69, 9.17) is 14.9 Å². The van der Waals surface area contributed by atoms with E-state index in [1.54, 1.807) is 23.1 Å². The second-order valence-electron chi connectivity index (χ2n) is 6.04. The van der Waals surface area contributed by atoms with Crippen LogP contribution in [0.25, 0.3) is 11.8 Å². The highest BCUT2D eigenvalue weighted by molar-refractivity contribution is 8.17. The lowest BCUT2D eigenvalue weighted by atomic mass is 10.1. The van der Waals surface area contributed by atoms with E-state index >= 15 is 0 Å². The molecule has 3 aliphatic rings. The number of carbonyl (C=O) groups is 1. The summed E-state index contributed by atoms with van der Waals surface area (Å²) < 4.78 is 10.7. The molecule has 2 aromatic rings. The molecule has 0 spiro atoms. The number of hydrogen-bond donors (Lipinski definition) is 1. The van der Waals surface area contributed by atoms with Crippen LogP contribution in [0.4, 0.5) is 0 Å². The number of aliphatic imine (C=N–C) groups is 1. The predicted molar refractivity (Wildman–Crippen MR) is 105 cm³/mol. The highest BCUT2D eigenvalue weighted by Gasteiger charge is 2.36. The quantitative estimate of drug-likeness (QED) is 0.810. The normalized spacial score (nSPS) is 19.3. The molecule has 0 radical (unpaired) electrons. The van der Waals surface area contributed by atoms with Crippen molar-refractivity contribution in [3.63, 3.8) is 0 Å². The lowest BCUT2D eigenvalue weighted by Crippen LogP contribution is -2.38. The summed E-state index contributed by atoms with van der Waals surface area (Å²) in [5.74, 6) is 1.000. The Kier molecular flexibility index (Phi) is 3.61. The smallest absolute Gasteiger partial charge is 0.283 e. The second-order valence-corrected chi connectivity index (χ2v) is 6.88. The van der Waals surface area contributed by atoms with E-state index in [0.717, 1.165) is 16.8 Å². The summed E-state index contributed by atoms with van der Waals surface area (Å²) in [4.78, 5) is 18.4. The van der Waals surface area contributed by atoms with Crippen molar-refractivity contribution in [2.45, 2.75) is 0 Å². The Balaban J connectivity index is 1.53. The molecule has 0 bridgehead atoms. The van der Waals surface area contributed by atoms with E-state index < -0.39 is 5.91 Å². The molecule has 7 heteroatoms.